The molecule has 0 amide bonds. The lowest BCUT2D eigenvalue weighted by Gasteiger charge is -2.34. The van der Waals surface area contributed by atoms with Crippen LogP contribution in [0.4, 0.5) is 17.1 Å². The first-order valence-electron chi connectivity index (χ1n) is 25.4. The molecule has 2 aliphatic carbocycles. The van der Waals surface area contributed by atoms with Gasteiger partial charge in [-0.2, -0.15) is 0 Å². The summed E-state index contributed by atoms with van der Waals surface area (Å²) in [7, 11) is 0. The van der Waals surface area contributed by atoms with Gasteiger partial charge >= 0.3 is 0 Å². The lowest BCUT2D eigenvalue weighted by atomic mass is 9.67. The molecule has 2 heteroatoms. The first-order chi connectivity index (χ1) is 36.2. The zero-order valence-corrected chi connectivity index (χ0v) is 41.0. The molecule has 14 rings (SSSR count). The molecule has 1 atom stereocenters. The van der Waals surface area contributed by atoms with Gasteiger partial charge in [0.1, 0.15) is 0 Å². The van der Waals surface area contributed by atoms with E-state index in [4.69, 9.17) is 0 Å². The Morgan fingerprint density at radius 1 is 0.397 bits per heavy atom. The van der Waals surface area contributed by atoms with Crippen molar-refractivity contribution in [3.05, 3.63) is 312 Å². The van der Waals surface area contributed by atoms with Gasteiger partial charge in [0, 0.05) is 42.9 Å². The van der Waals surface area contributed by atoms with Crippen LogP contribution in [0, 0.1) is 0 Å². The van der Waals surface area contributed by atoms with Gasteiger partial charge in [-0.05, 0) is 121 Å². The Morgan fingerprint density at radius 2 is 0.959 bits per heavy atom. The fourth-order valence-corrected chi connectivity index (χ4v) is 13.6. The van der Waals surface area contributed by atoms with Crippen LogP contribution in [0.5, 0.6) is 0 Å². The molecule has 1 nitrogen and oxygen atoms in total. The Kier molecular flexibility index (Phi) is 10.5. The summed E-state index contributed by atoms with van der Waals surface area (Å²) < 4.78 is 2.62. The van der Waals surface area contributed by atoms with Crippen LogP contribution in [-0.2, 0) is 5.41 Å². The van der Waals surface area contributed by atoms with Gasteiger partial charge < -0.3 is 4.90 Å². The molecule has 1 aromatic heterocycles. The van der Waals surface area contributed by atoms with Crippen molar-refractivity contribution in [2.75, 3.05) is 4.90 Å². The van der Waals surface area contributed by atoms with Crippen molar-refractivity contribution in [3.8, 4) is 44.5 Å². The molecule has 0 saturated carbocycles. The van der Waals surface area contributed by atoms with Gasteiger partial charge in [-0.25, -0.2) is 0 Å². The van der Waals surface area contributed by atoms with E-state index < -0.39 is 5.41 Å². The number of thiophene rings is 1. The maximum Gasteiger partial charge on any atom is 0.0713 e. The van der Waals surface area contributed by atoms with E-state index in [1.807, 2.05) is 11.3 Å². The van der Waals surface area contributed by atoms with Gasteiger partial charge in [0.2, 0.25) is 0 Å². The number of hydrogen-bond donors (Lipinski definition) is 0. The Hall–Kier alpha value is -8.82. The maximum atomic E-state index is 2.52. The molecule has 73 heavy (non-hydrogen) atoms. The second kappa shape index (κ2) is 17.8. The van der Waals surface area contributed by atoms with Crippen molar-refractivity contribution in [2.45, 2.75) is 17.8 Å². The number of para-hydroxylation sites is 2. The van der Waals surface area contributed by atoms with E-state index in [0.717, 1.165) is 29.0 Å². The minimum Gasteiger partial charge on any atom is -0.309 e. The first kappa shape index (κ1) is 43.0. The molecule has 0 bridgehead atoms. The quantitative estimate of drug-likeness (QED) is 0.139. The lowest BCUT2D eigenvalue weighted by molar-refractivity contribution is 0.769. The summed E-state index contributed by atoms with van der Waals surface area (Å²) in [6.07, 6.45) is 5.62. The third-order valence-corrected chi connectivity index (χ3v) is 16.7. The van der Waals surface area contributed by atoms with Gasteiger partial charge in [0.25, 0.3) is 0 Å². The molecule has 11 aromatic carbocycles. The van der Waals surface area contributed by atoms with Gasteiger partial charge in [-0.1, -0.05) is 237 Å². The van der Waals surface area contributed by atoms with Crippen molar-refractivity contribution < 1.29 is 0 Å². The van der Waals surface area contributed by atoms with Crippen molar-refractivity contribution in [1.29, 1.82) is 0 Å². The van der Waals surface area contributed by atoms with Crippen molar-refractivity contribution >= 4 is 54.6 Å². The van der Waals surface area contributed by atoms with E-state index in [9.17, 15) is 0 Å². The SMILES string of the molecule is C1=Cc2cccc(-c3ccccc3N(c3ccc(-c4cccc5sc6ccccc6c45)cc3)c3ccccc3-c3ccc4c(c3)C(c3ccccc3)(c3ccccc3)c3ccccc3-4)c2C(c2ccccc2)C1. The average molecular weight is 948 g/mol. The second-order valence-electron chi connectivity index (χ2n) is 19.4. The monoisotopic (exact) mass is 947 g/mol. The zero-order chi connectivity index (χ0) is 48.3. The van der Waals surface area contributed by atoms with E-state index >= 15 is 0 Å². The molecule has 1 unspecified atom stereocenters. The summed E-state index contributed by atoms with van der Waals surface area (Å²) in [4.78, 5) is 2.52. The summed E-state index contributed by atoms with van der Waals surface area (Å²) in [5.74, 6) is 0.228. The van der Waals surface area contributed by atoms with Crippen molar-refractivity contribution in [1.82, 2.24) is 0 Å². The fourth-order valence-electron chi connectivity index (χ4n) is 12.4. The van der Waals surface area contributed by atoms with Crippen LogP contribution < -0.4 is 4.90 Å². The maximum absolute atomic E-state index is 2.52. The van der Waals surface area contributed by atoms with Crippen LogP contribution in [0.1, 0.15) is 51.3 Å². The molecule has 0 aliphatic heterocycles. The Morgan fingerprint density at radius 3 is 1.73 bits per heavy atom. The van der Waals surface area contributed by atoms with Crippen LogP contribution in [0.3, 0.4) is 0 Å². The summed E-state index contributed by atoms with van der Waals surface area (Å²) in [5, 5.41) is 2.63. The molecular weight excluding hydrogens is 899 g/mol. The topological polar surface area (TPSA) is 3.24 Å². The Bertz CT molecular complexity index is 4010. The zero-order valence-electron chi connectivity index (χ0n) is 40.2. The minimum absolute atomic E-state index is 0.228. The van der Waals surface area contributed by atoms with Crippen molar-refractivity contribution in [2.24, 2.45) is 0 Å². The highest BCUT2D eigenvalue weighted by Crippen LogP contribution is 2.57. The molecule has 0 fully saturated rings. The smallest absolute Gasteiger partial charge is 0.0713 e. The number of anilines is 3. The third-order valence-electron chi connectivity index (χ3n) is 15.5. The summed E-state index contributed by atoms with van der Waals surface area (Å²) in [6.45, 7) is 0. The highest BCUT2D eigenvalue weighted by Gasteiger charge is 2.46. The third kappa shape index (κ3) is 6.97. The molecule has 344 valence electrons. The fraction of sp³-hybridized carbons (Fsp3) is 0.0423. The van der Waals surface area contributed by atoms with E-state index in [2.05, 4.69) is 284 Å². The number of nitrogens with zero attached hydrogens (tertiary/aromatic N) is 1. The standard InChI is InChI=1S/C71H49NS/c1-4-21-48(22-5-1)56-33-18-23-50-24-19-35-61(69(50)56)60-31-12-16-38-66(60)72(54-44-41-49(42-45-54)57-34-20-40-68-70(57)62-32-13-17-39-67(62)73-68)65-37-15-11-29-55(65)51-43-46-59-58-30-10-14-36-63(58)71(64(59)47-51,52-25-6-2-7-26-52)53-27-8-3-9-28-53/h1-32,34-47,56H,33H2. The first-order valence-corrected chi connectivity index (χ1v) is 26.3. The number of hydrogen-bond acceptors (Lipinski definition) is 2. The molecular formula is C71H49NS. The van der Waals surface area contributed by atoms with E-state index in [-0.39, 0.29) is 5.92 Å². The van der Waals surface area contributed by atoms with E-state index in [1.165, 1.54) is 98.1 Å². The van der Waals surface area contributed by atoms with Crippen LogP contribution >= 0.6 is 11.3 Å². The number of rotatable bonds is 9. The van der Waals surface area contributed by atoms with Gasteiger partial charge in [0.15, 0.2) is 0 Å². The van der Waals surface area contributed by atoms with Gasteiger partial charge in [0.05, 0.1) is 16.8 Å². The molecule has 0 spiro atoms. The number of benzene rings is 11. The highest BCUT2D eigenvalue weighted by atomic mass is 32.1. The van der Waals surface area contributed by atoms with Crippen molar-refractivity contribution in [3.63, 3.8) is 0 Å². The van der Waals surface area contributed by atoms with Gasteiger partial charge in [-0.15, -0.1) is 11.3 Å². The number of allylic oxidation sites excluding steroid dienone is 1. The summed E-state index contributed by atoms with van der Waals surface area (Å²) >= 11 is 1.87. The summed E-state index contributed by atoms with van der Waals surface area (Å²) in [6, 6.07) is 99.4. The Balaban J connectivity index is 0.990. The van der Waals surface area contributed by atoms with E-state index in [1.54, 1.807) is 0 Å². The molecule has 0 N–H and O–H groups in total. The predicted octanol–water partition coefficient (Wildman–Crippen LogP) is 19.4. The van der Waals surface area contributed by atoms with Crippen LogP contribution in [0.2, 0.25) is 0 Å². The highest BCUT2D eigenvalue weighted by molar-refractivity contribution is 7.25. The predicted molar refractivity (Wildman–Crippen MR) is 310 cm³/mol. The van der Waals surface area contributed by atoms with Crippen LogP contribution in [0.25, 0.3) is 70.8 Å². The minimum atomic E-state index is -0.520. The molecule has 12 aromatic rings. The molecule has 0 saturated heterocycles. The van der Waals surface area contributed by atoms with Crippen LogP contribution in [0.15, 0.2) is 273 Å². The largest absolute Gasteiger partial charge is 0.309 e. The van der Waals surface area contributed by atoms with E-state index in [0.29, 0.717) is 0 Å². The normalized spacial score (nSPS) is 14.2. The molecule has 0 radical (unpaired) electrons. The van der Waals surface area contributed by atoms with Gasteiger partial charge in [-0.3, -0.25) is 0 Å². The average Bonchev–Trinajstić information content (AvgIpc) is 4.00. The number of fused-ring (bicyclic) bond motifs is 7. The Labute approximate surface area is 431 Å². The summed E-state index contributed by atoms with van der Waals surface area (Å²) in [5.41, 5.74) is 21.7. The molecule has 1 heterocycles. The van der Waals surface area contributed by atoms with Crippen LogP contribution in [-0.4, -0.2) is 0 Å². The molecule has 2 aliphatic rings. The lowest BCUT2D eigenvalue weighted by Crippen LogP contribution is -2.28. The second-order valence-corrected chi connectivity index (χ2v) is 20.5.